The second kappa shape index (κ2) is 4.78. The fraction of sp³-hybridized carbons (Fsp3) is 0.200. The van der Waals surface area contributed by atoms with Gasteiger partial charge in [-0.15, -0.1) is 0 Å². The standard InChI is InChI=1S/C5H5Cl2N2O4PS/c6-2-3(9-15-4(2)7)5(10)8-1-14(11,12)13/h1H2,(H,8,10)(H2,11,12,13). The molecule has 0 spiro atoms. The first-order valence-electron chi connectivity index (χ1n) is 3.44. The largest absolute Gasteiger partial charge is 0.344 e. The van der Waals surface area contributed by atoms with Crippen molar-refractivity contribution in [1.82, 2.24) is 9.69 Å². The van der Waals surface area contributed by atoms with Crippen LogP contribution in [0.3, 0.4) is 0 Å². The molecular formula is C5H5Cl2N2O4PS. The van der Waals surface area contributed by atoms with Gasteiger partial charge in [-0.05, 0) is 11.5 Å². The maximum atomic E-state index is 11.3. The molecular weight excluding hydrogens is 286 g/mol. The molecule has 10 heteroatoms. The quantitative estimate of drug-likeness (QED) is 0.729. The van der Waals surface area contributed by atoms with Crippen molar-refractivity contribution in [2.24, 2.45) is 0 Å². The third-order valence-corrected chi connectivity index (χ3v) is 3.44. The van der Waals surface area contributed by atoms with Gasteiger partial charge in [-0.25, -0.2) is 0 Å². The van der Waals surface area contributed by atoms with Gasteiger partial charge in [0.15, 0.2) is 5.69 Å². The Hall–Kier alpha value is -0.170. The number of carbonyl (C=O) groups excluding carboxylic acids is 1. The maximum absolute atomic E-state index is 11.3. The second-order valence-electron chi connectivity index (χ2n) is 2.45. The highest BCUT2D eigenvalue weighted by Crippen LogP contribution is 2.33. The summed E-state index contributed by atoms with van der Waals surface area (Å²) in [7, 11) is -4.28. The van der Waals surface area contributed by atoms with Gasteiger partial charge in [0, 0.05) is 0 Å². The predicted molar refractivity (Wildman–Crippen MR) is 56.5 cm³/mol. The monoisotopic (exact) mass is 290 g/mol. The van der Waals surface area contributed by atoms with Crippen LogP contribution >= 0.6 is 42.3 Å². The summed E-state index contributed by atoms with van der Waals surface area (Å²) in [6.45, 7) is 0. The number of amides is 1. The molecule has 0 bridgehead atoms. The summed E-state index contributed by atoms with van der Waals surface area (Å²) < 4.78 is 14.2. The fourth-order valence-electron chi connectivity index (χ4n) is 0.659. The average molecular weight is 291 g/mol. The molecule has 0 atom stereocenters. The van der Waals surface area contributed by atoms with Crippen molar-refractivity contribution >= 4 is 48.2 Å². The fourth-order valence-corrected chi connectivity index (χ4v) is 2.01. The molecule has 6 nitrogen and oxygen atoms in total. The van der Waals surface area contributed by atoms with Crippen LogP contribution in [0.4, 0.5) is 0 Å². The summed E-state index contributed by atoms with van der Waals surface area (Å²) in [5.41, 5.74) is -0.139. The SMILES string of the molecule is O=C(NCP(=O)(O)O)c1nsc(Cl)c1Cl. The molecule has 0 aliphatic heterocycles. The molecule has 1 aromatic rings. The lowest BCUT2D eigenvalue weighted by atomic mass is 10.4. The first-order valence-corrected chi connectivity index (χ1v) is 6.77. The van der Waals surface area contributed by atoms with Crippen molar-refractivity contribution in [3.63, 3.8) is 0 Å². The van der Waals surface area contributed by atoms with Gasteiger partial charge in [-0.3, -0.25) is 9.36 Å². The Bertz CT molecular complexity index is 431. The lowest BCUT2D eigenvalue weighted by molar-refractivity contribution is 0.0953. The van der Waals surface area contributed by atoms with Crippen LogP contribution in [0.5, 0.6) is 0 Å². The number of hydrogen-bond donors (Lipinski definition) is 3. The summed E-state index contributed by atoms with van der Waals surface area (Å²) in [6.07, 6.45) is -0.767. The van der Waals surface area contributed by atoms with E-state index in [1.54, 1.807) is 0 Å². The Balaban J connectivity index is 2.70. The van der Waals surface area contributed by atoms with Gasteiger partial charge in [0.05, 0.1) is 0 Å². The van der Waals surface area contributed by atoms with E-state index in [1.165, 1.54) is 0 Å². The number of nitrogens with zero attached hydrogens (tertiary/aromatic N) is 1. The predicted octanol–water partition coefficient (Wildman–Crippen LogP) is 1.31. The molecule has 1 rings (SSSR count). The first kappa shape index (κ1) is 12.9. The van der Waals surface area contributed by atoms with Gasteiger partial charge < -0.3 is 15.1 Å². The van der Waals surface area contributed by atoms with Crippen LogP contribution < -0.4 is 5.32 Å². The summed E-state index contributed by atoms with van der Waals surface area (Å²) in [4.78, 5) is 28.3. The third kappa shape index (κ3) is 3.71. The molecule has 0 saturated carbocycles. The van der Waals surface area contributed by atoms with E-state index in [9.17, 15) is 9.36 Å². The number of hydrogen-bond acceptors (Lipinski definition) is 4. The van der Waals surface area contributed by atoms with Crippen LogP contribution in [0.25, 0.3) is 0 Å². The van der Waals surface area contributed by atoms with Gasteiger partial charge >= 0.3 is 7.60 Å². The first-order chi connectivity index (χ1) is 6.81. The van der Waals surface area contributed by atoms with Gasteiger partial charge in [0.2, 0.25) is 0 Å². The molecule has 1 amide bonds. The van der Waals surface area contributed by atoms with Crippen LogP contribution in [0.1, 0.15) is 10.5 Å². The van der Waals surface area contributed by atoms with E-state index in [0.717, 1.165) is 11.5 Å². The van der Waals surface area contributed by atoms with Crippen molar-refractivity contribution in [3.8, 4) is 0 Å². The van der Waals surface area contributed by atoms with E-state index in [1.807, 2.05) is 5.32 Å². The highest BCUT2D eigenvalue weighted by Gasteiger charge is 2.20. The van der Waals surface area contributed by atoms with Crippen LogP contribution in [0, 0.1) is 0 Å². The highest BCUT2D eigenvalue weighted by molar-refractivity contribution is 7.51. The molecule has 0 fully saturated rings. The molecule has 1 aromatic heterocycles. The van der Waals surface area contributed by atoms with Crippen LogP contribution in [-0.2, 0) is 4.57 Å². The van der Waals surface area contributed by atoms with Gasteiger partial charge in [-0.2, -0.15) is 4.37 Å². The smallest absolute Gasteiger partial charge is 0.339 e. The van der Waals surface area contributed by atoms with E-state index in [-0.39, 0.29) is 15.1 Å². The Morgan fingerprint density at radius 3 is 2.53 bits per heavy atom. The van der Waals surface area contributed by atoms with E-state index in [2.05, 4.69) is 4.37 Å². The summed E-state index contributed by atoms with van der Waals surface area (Å²) in [5.74, 6) is -0.772. The molecule has 15 heavy (non-hydrogen) atoms. The summed E-state index contributed by atoms with van der Waals surface area (Å²) in [6, 6.07) is 0. The molecule has 0 aliphatic rings. The summed E-state index contributed by atoms with van der Waals surface area (Å²) >= 11 is 12.0. The molecule has 1 heterocycles. The van der Waals surface area contributed by atoms with Gasteiger partial charge in [-0.1, -0.05) is 23.2 Å². The molecule has 0 aliphatic carbocycles. The van der Waals surface area contributed by atoms with Crippen molar-refractivity contribution < 1.29 is 19.1 Å². The van der Waals surface area contributed by atoms with E-state index in [0.29, 0.717) is 0 Å². The number of rotatable bonds is 3. The molecule has 0 radical (unpaired) electrons. The highest BCUT2D eigenvalue weighted by atomic mass is 35.5. The minimum Gasteiger partial charge on any atom is -0.339 e. The molecule has 0 aromatic carbocycles. The Morgan fingerprint density at radius 2 is 2.13 bits per heavy atom. The third-order valence-electron chi connectivity index (χ3n) is 1.26. The molecule has 84 valence electrons. The second-order valence-corrected chi connectivity index (χ2v) is 5.85. The zero-order chi connectivity index (χ0) is 11.6. The maximum Gasteiger partial charge on any atom is 0.344 e. The Kier molecular flexibility index (Phi) is 4.11. The zero-order valence-electron chi connectivity index (χ0n) is 6.98. The van der Waals surface area contributed by atoms with Crippen molar-refractivity contribution in [3.05, 3.63) is 15.1 Å². The number of aromatic nitrogens is 1. The number of carbonyl (C=O) groups is 1. The van der Waals surface area contributed by atoms with E-state index >= 15 is 0 Å². The molecule has 0 saturated heterocycles. The topological polar surface area (TPSA) is 99.5 Å². The Labute approximate surface area is 98.5 Å². The normalized spacial score (nSPS) is 11.5. The van der Waals surface area contributed by atoms with Crippen LogP contribution in [0.2, 0.25) is 9.36 Å². The molecule has 3 N–H and O–H groups in total. The minimum atomic E-state index is -4.28. The average Bonchev–Trinajstić information content (AvgIpc) is 2.43. The van der Waals surface area contributed by atoms with E-state index < -0.39 is 19.8 Å². The van der Waals surface area contributed by atoms with Gasteiger partial charge in [0.25, 0.3) is 5.91 Å². The molecule has 0 unspecified atom stereocenters. The zero-order valence-corrected chi connectivity index (χ0v) is 10.2. The lowest BCUT2D eigenvalue weighted by Crippen LogP contribution is -2.24. The van der Waals surface area contributed by atoms with Crippen LogP contribution in [-0.4, -0.2) is 26.4 Å². The number of halogens is 2. The number of nitrogens with one attached hydrogen (secondary N) is 1. The lowest BCUT2D eigenvalue weighted by Gasteiger charge is -2.04. The van der Waals surface area contributed by atoms with Crippen LogP contribution in [0.15, 0.2) is 0 Å². The van der Waals surface area contributed by atoms with Gasteiger partial charge in [0.1, 0.15) is 15.6 Å². The minimum absolute atomic E-state index is 0.0233. The summed E-state index contributed by atoms with van der Waals surface area (Å²) in [5, 5.41) is 1.97. The van der Waals surface area contributed by atoms with Crippen molar-refractivity contribution in [2.75, 3.05) is 6.29 Å². The Morgan fingerprint density at radius 1 is 1.53 bits per heavy atom. The van der Waals surface area contributed by atoms with Crippen molar-refractivity contribution in [2.45, 2.75) is 0 Å². The van der Waals surface area contributed by atoms with E-state index in [4.69, 9.17) is 33.0 Å². The van der Waals surface area contributed by atoms with Crippen molar-refractivity contribution in [1.29, 1.82) is 0 Å².